The Morgan fingerprint density at radius 3 is 1.86 bits per heavy atom. The standard InChI is InChI=1S/C30H25ClN2O3S/c1-22(34)36-32-29(20-21-37-28-18-14-24(31)15-19-28)30(35)23-12-16-27(17-13-23)33(25-8-4-2-5-9-25)26-10-6-3-7-11-26/h2-19H,20-21H2,1H3. The van der Waals surface area contributed by atoms with Gasteiger partial charge >= 0.3 is 5.97 Å². The highest BCUT2D eigenvalue weighted by molar-refractivity contribution is 7.99. The average Bonchev–Trinajstić information content (AvgIpc) is 2.93. The van der Waals surface area contributed by atoms with Crippen LogP contribution in [0.3, 0.4) is 0 Å². The second-order valence-electron chi connectivity index (χ2n) is 8.06. The van der Waals surface area contributed by atoms with Gasteiger partial charge in [-0.15, -0.1) is 11.8 Å². The summed E-state index contributed by atoms with van der Waals surface area (Å²) in [5.74, 6) is -0.274. The zero-order valence-corrected chi connectivity index (χ0v) is 21.8. The third-order valence-electron chi connectivity index (χ3n) is 5.38. The largest absolute Gasteiger partial charge is 0.331 e. The van der Waals surface area contributed by atoms with Crippen molar-refractivity contribution in [2.45, 2.75) is 18.2 Å². The minimum Gasteiger partial charge on any atom is -0.318 e. The predicted molar refractivity (Wildman–Crippen MR) is 151 cm³/mol. The van der Waals surface area contributed by atoms with Gasteiger partial charge in [0.15, 0.2) is 0 Å². The summed E-state index contributed by atoms with van der Waals surface area (Å²) >= 11 is 7.52. The molecule has 0 N–H and O–H groups in total. The van der Waals surface area contributed by atoms with Gasteiger partial charge in [0, 0.05) is 51.6 Å². The van der Waals surface area contributed by atoms with E-state index in [2.05, 4.69) is 10.1 Å². The number of carbonyl (C=O) groups excluding carboxylic acids is 2. The number of halogens is 1. The first kappa shape index (κ1) is 26.2. The molecule has 5 nitrogen and oxygen atoms in total. The van der Waals surface area contributed by atoms with Crippen molar-refractivity contribution in [1.82, 2.24) is 0 Å². The maximum absolute atomic E-state index is 13.3. The van der Waals surface area contributed by atoms with Crippen molar-refractivity contribution in [2.24, 2.45) is 5.16 Å². The fraction of sp³-hybridized carbons (Fsp3) is 0.100. The van der Waals surface area contributed by atoms with Crippen LogP contribution in [0, 0.1) is 0 Å². The van der Waals surface area contributed by atoms with E-state index in [9.17, 15) is 9.59 Å². The van der Waals surface area contributed by atoms with Crippen LogP contribution in [-0.4, -0.2) is 23.2 Å². The molecule has 0 fully saturated rings. The van der Waals surface area contributed by atoms with Crippen molar-refractivity contribution >= 4 is 57.9 Å². The summed E-state index contributed by atoms with van der Waals surface area (Å²) in [6.45, 7) is 1.25. The molecule has 0 atom stereocenters. The lowest BCUT2D eigenvalue weighted by atomic mass is 10.0. The minimum atomic E-state index is -0.577. The van der Waals surface area contributed by atoms with Gasteiger partial charge in [0.05, 0.1) is 0 Å². The Morgan fingerprint density at radius 1 is 0.784 bits per heavy atom. The van der Waals surface area contributed by atoms with Crippen LogP contribution >= 0.6 is 23.4 Å². The van der Waals surface area contributed by atoms with E-state index in [1.807, 2.05) is 97.1 Å². The first-order valence-electron chi connectivity index (χ1n) is 11.7. The smallest absolute Gasteiger partial charge is 0.318 e. The van der Waals surface area contributed by atoms with Gasteiger partial charge in [-0.05, 0) is 72.8 Å². The number of ketones is 1. The monoisotopic (exact) mass is 528 g/mol. The van der Waals surface area contributed by atoms with Gasteiger partial charge in [0.1, 0.15) is 5.71 Å². The molecule has 0 aliphatic heterocycles. The average molecular weight is 529 g/mol. The highest BCUT2D eigenvalue weighted by atomic mass is 35.5. The molecule has 0 heterocycles. The van der Waals surface area contributed by atoms with Gasteiger partial charge < -0.3 is 9.74 Å². The van der Waals surface area contributed by atoms with Crippen LogP contribution in [0.15, 0.2) is 119 Å². The second kappa shape index (κ2) is 12.9. The molecule has 0 unspecified atom stereocenters. The lowest BCUT2D eigenvalue weighted by molar-refractivity contribution is -0.140. The van der Waals surface area contributed by atoms with Crippen LogP contribution in [0.25, 0.3) is 0 Å². The van der Waals surface area contributed by atoms with Crippen molar-refractivity contribution < 1.29 is 14.4 Å². The molecule has 0 aliphatic carbocycles. The fourth-order valence-corrected chi connectivity index (χ4v) is 4.63. The van der Waals surface area contributed by atoms with Gasteiger partial charge in [-0.1, -0.05) is 53.2 Å². The molecule has 4 aromatic rings. The zero-order valence-electron chi connectivity index (χ0n) is 20.2. The van der Waals surface area contributed by atoms with Crippen LogP contribution < -0.4 is 4.90 Å². The Hall–Kier alpha value is -3.87. The van der Waals surface area contributed by atoms with Gasteiger partial charge in [0.25, 0.3) is 0 Å². The number of para-hydroxylation sites is 2. The number of thioether (sulfide) groups is 1. The van der Waals surface area contributed by atoms with E-state index in [1.165, 1.54) is 6.92 Å². The van der Waals surface area contributed by atoms with Crippen LogP contribution in [0.2, 0.25) is 5.02 Å². The molecule has 37 heavy (non-hydrogen) atoms. The van der Waals surface area contributed by atoms with E-state index in [0.717, 1.165) is 22.0 Å². The minimum absolute atomic E-state index is 0.187. The van der Waals surface area contributed by atoms with E-state index in [4.69, 9.17) is 16.4 Å². The van der Waals surface area contributed by atoms with Gasteiger partial charge in [-0.25, -0.2) is 4.79 Å². The maximum Gasteiger partial charge on any atom is 0.331 e. The second-order valence-corrected chi connectivity index (χ2v) is 9.66. The summed E-state index contributed by atoms with van der Waals surface area (Å²) < 4.78 is 0. The fourth-order valence-electron chi connectivity index (χ4n) is 3.65. The molecule has 0 radical (unpaired) electrons. The zero-order chi connectivity index (χ0) is 26.0. The lowest BCUT2D eigenvalue weighted by Crippen LogP contribution is -2.17. The molecule has 0 aliphatic rings. The number of oxime groups is 1. The summed E-state index contributed by atoms with van der Waals surface area (Å²) in [6.07, 6.45) is 0.335. The predicted octanol–water partition coefficient (Wildman–Crippen LogP) is 8.09. The summed E-state index contributed by atoms with van der Waals surface area (Å²) in [7, 11) is 0. The quantitative estimate of drug-likeness (QED) is 0.0684. The first-order chi connectivity index (χ1) is 18.0. The highest BCUT2D eigenvalue weighted by Gasteiger charge is 2.18. The van der Waals surface area contributed by atoms with Crippen molar-refractivity contribution in [3.05, 3.63) is 120 Å². The summed E-state index contributed by atoms with van der Waals surface area (Å²) in [4.78, 5) is 32.6. The lowest BCUT2D eigenvalue weighted by Gasteiger charge is -2.25. The Morgan fingerprint density at radius 2 is 1.32 bits per heavy atom. The van der Waals surface area contributed by atoms with Crippen LogP contribution in [-0.2, 0) is 9.63 Å². The van der Waals surface area contributed by atoms with E-state index < -0.39 is 5.97 Å². The van der Waals surface area contributed by atoms with Gasteiger partial charge in [-0.2, -0.15) is 0 Å². The highest BCUT2D eigenvalue weighted by Crippen LogP contribution is 2.34. The van der Waals surface area contributed by atoms with E-state index in [-0.39, 0.29) is 11.5 Å². The topological polar surface area (TPSA) is 59.0 Å². The molecular formula is C30H25ClN2O3S. The third-order valence-corrected chi connectivity index (χ3v) is 6.65. The number of Topliss-reactive ketones (excluding diaryl/α,β-unsaturated/α-hetero) is 1. The molecule has 0 bridgehead atoms. The summed E-state index contributed by atoms with van der Waals surface area (Å²) in [6, 6.07) is 34.9. The molecule has 7 heteroatoms. The van der Waals surface area contributed by atoms with Crippen LogP contribution in [0.4, 0.5) is 17.1 Å². The Bertz CT molecular complexity index is 1320. The first-order valence-corrected chi connectivity index (χ1v) is 13.1. The van der Waals surface area contributed by atoms with E-state index in [0.29, 0.717) is 22.8 Å². The molecule has 0 amide bonds. The molecule has 4 rings (SSSR count). The molecule has 0 aromatic heterocycles. The number of nitrogens with zero attached hydrogens (tertiary/aromatic N) is 2. The number of hydrogen-bond donors (Lipinski definition) is 0. The van der Waals surface area contributed by atoms with Crippen molar-refractivity contribution in [2.75, 3.05) is 10.7 Å². The molecule has 4 aromatic carbocycles. The Kier molecular flexibility index (Phi) is 9.13. The molecule has 0 saturated carbocycles. The molecule has 0 saturated heterocycles. The Labute approximate surface area is 225 Å². The van der Waals surface area contributed by atoms with Crippen molar-refractivity contribution in [1.29, 1.82) is 0 Å². The molecule has 186 valence electrons. The number of hydrogen-bond acceptors (Lipinski definition) is 6. The van der Waals surface area contributed by atoms with E-state index >= 15 is 0 Å². The molecule has 0 spiro atoms. The van der Waals surface area contributed by atoms with Gasteiger partial charge in [0.2, 0.25) is 5.78 Å². The number of rotatable bonds is 10. The summed E-state index contributed by atoms with van der Waals surface area (Å²) in [5.41, 5.74) is 3.57. The van der Waals surface area contributed by atoms with Gasteiger partial charge in [-0.3, -0.25) is 4.79 Å². The maximum atomic E-state index is 13.3. The number of benzene rings is 4. The van der Waals surface area contributed by atoms with E-state index in [1.54, 1.807) is 23.9 Å². The van der Waals surface area contributed by atoms with Crippen molar-refractivity contribution in [3.8, 4) is 0 Å². The summed E-state index contributed by atoms with van der Waals surface area (Å²) in [5, 5.41) is 4.54. The van der Waals surface area contributed by atoms with Crippen LogP contribution in [0.5, 0.6) is 0 Å². The molecular weight excluding hydrogens is 504 g/mol. The number of carbonyl (C=O) groups is 2. The third kappa shape index (κ3) is 7.32. The SMILES string of the molecule is CC(=O)ON=C(CCSc1ccc(Cl)cc1)C(=O)c1ccc(N(c2ccccc2)c2ccccc2)cc1. The Balaban J connectivity index is 1.54. The number of anilines is 3. The van der Waals surface area contributed by atoms with Crippen LogP contribution in [0.1, 0.15) is 23.7 Å². The normalized spacial score (nSPS) is 11.1. The van der Waals surface area contributed by atoms with Crippen molar-refractivity contribution in [3.63, 3.8) is 0 Å².